The van der Waals surface area contributed by atoms with Gasteiger partial charge in [-0.15, -0.1) is 0 Å². The molecule has 2 heterocycles. The van der Waals surface area contributed by atoms with Crippen molar-refractivity contribution in [1.82, 2.24) is 9.88 Å². The number of anilines is 1. The molecule has 23 heavy (non-hydrogen) atoms. The maximum atomic E-state index is 12.2. The van der Waals surface area contributed by atoms with E-state index in [1.54, 1.807) is 6.07 Å². The first-order chi connectivity index (χ1) is 10.9. The van der Waals surface area contributed by atoms with E-state index < -0.39 is 11.8 Å². The van der Waals surface area contributed by atoms with Gasteiger partial charge in [0.1, 0.15) is 5.15 Å². The molecule has 116 valence electrons. The Morgan fingerprint density at radius 1 is 1.13 bits per heavy atom. The van der Waals surface area contributed by atoms with E-state index in [9.17, 15) is 14.4 Å². The van der Waals surface area contributed by atoms with Gasteiger partial charge in [-0.3, -0.25) is 19.3 Å². The van der Waals surface area contributed by atoms with Gasteiger partial charge in [0.25, 0.3) is 17.7 Å². The number of benzene rings is 1. The van der Waals surface area contributed by atoms with E-state index in [1.807, 2.05) is 0 Å². The molecule has 3 amide bonds. The molecule has 1 aromatic carbocycles. The number of aromatic nitrogens is 1. The zero-order chi connectivity index (χ0) is 16.7. The van der Waals surface area contributed by atoms with E-state index in [0.717, 1.165) is 4.90 Å². The van der Waals surface area contributed by atoms with Gasteiger partial charge in [-0.2, -0.15) is 0 Å². The molecule has 0 atom stereocenters. The molecule has 0 saturated carbocycles. The van der Waals surface area contributed by atoms with E-state index in [1.165, 1.54) is 31.4 Å². The summed E-state index contributed by atoms with van der Waals surface area (Å²) in [6.07, 6.45) is 1.29. The number of carbonyl (C=O) groups is 3. The first-order valence-corrected chi connectivity index (χ1v) is 7.23. The summed E-state index contributed by atoms with van der Waals surface area (Å²) in [5, 5.41) is 2.89. The molecule has 1 aliphatic rings. The minimum absolute atomic E-state index is 0.105. The fraction of sp³-hybridized carbons (Fsp3) is 0.0667. The van der Waals surface area contributed by atoms with Gasteiger partial charge < -0.3 is 5.32 Å². The van der Waals surface area contributed by atoms with E-state index in [4.69, 9.17) is 23.2 Å². The molecule has 0 bridgehead atoms. The highest BCUT2D eigenvalue weighted by Gasteiger charge is 2.32. The highest BCUT2D eigenvalue weighted by Crippen LogP contribution is 2.25. The number of amides is 3. The monoisotopic (exact) mass is 349 g/mol. The Labute approximate surface area is 141 Å². The minimum atomic E-state index is -0.457. The largest absolute Gasteiger partial charge is 0.322 e. The van der Waals surface area contributed by atoms with Crippen LogP contribution in [0.1, 0.15) is 31.1 Å². The van der Waals surface area contributed by atoms with E-state index in [2.05, 4.69) is 10.3 Å². The Kier molecular flexibility index (Phi) is 3.79. The van der Waals surface area contributed by atoms with Crippen LogP contribution in [0.4, 0.5) is 5.69 Å². The van der Waals surface area contributed by atoms with E-state index >= 15 is 0 Å². The maximum Gasteiger partial charge on any atom is 0.261 e. The second-order valence-corrected chi connectivity index (χ2v) is 5.65. The van der Waals surface area contributed by atoms with Gasteiger partial charge >= 0.3 is 0 Å². The van der Waals surface area contributed by atoms with Crippen molar-refractivity contribution < 1.29 is 14.4 Å². The Morgan fingerprint density at radius 2 is 1.83 bits per heavy atom. The number of nitrogens with one attached hydrogen (secondary N) is 1. The SMILES string of the molecule is CN1C(=O)c2ccc(NC(=O)c3cnc(Cl)c(Cl)c3)cc2C1=O. The van der Waals surface area contributed by atoms with Crippen molar-refractivity contribution in [2.75, 3.05) is 12.4 Å². The van der Waals surface area contributed by atoms with Crippen LogP contribution in [0.15, 0.2) is 30.5 Å². The summed E-state index contributed by atoms with van der Waals surface area (Å²) in [6.45, 7) is 0. The molecule has 8 heteroatoms. The van der Waals surface area contributed by atoms with Gasteiger partial charge in [-0.25, -0.2) is 4.98 Å². The van der Waals surface area contributed by atoms with Crippen LogP contribution >= 0.6 is 23.2 Å². The summed E-state index contributed by atoms with van der Waals surface area (Å²) < 4.78 is 0. The van der Waals surface area contributed by atoms with Crippen molar-refractivity contribution in [3.8, 4) is 0 Å². The number of rotatable bonds is 2. The summed E-state index contributed by atoms with van der Waals surface area (Å²) in [6, 6.07) is 5.90. The fourth-order valence-electron chi connectivity index (χ4n) is 2.19. The van der Waals surface area contributed by atoms with Crippen molar-refractivity contribution in [3.05, 3.63) is 57.3 Å². The summed E-state index contributed by atoms with van der Waals surface area (Å²) in [7, 11) is 1.41. The summed E-state index contributed by atoms with van der Waals surface area (Å²) in [5.74, 6) is -1.23. The molecule has 1 N–H and O–H groups in total. The Bertz CT molecular complexity index is 867. The first kappa shape index (κ1) is 15.5. The quantitative estimate of drug-likeness (QED) is 0.667. The predicted molar refractivity (Wildman–Crippen MR) is 85.1 cm³/mol. The van der Waals surface area contributed by atoms with Crippen LogP contribution in [0.25, 0.3) is 0 Å². The molecule has 0 aliphatic carbocycles. The van der Waals surface area contributed by atoms with Crippen LogP contribution < -0.4 is 5.32 Å². The van der Waals surface area contributed by atoms with E-state index in [-0.39, 0.29) is 27.2 Å². The van der Waals surface area contributed by atoms with Crippen LogP contribution in [-0.4, -0.2) is 34.7 Å². The van der Waals surface area contributed by atoms with E-state index in [0.29, 0.717) is 11.3 Å². The van der Waals surface area contributed by atoms with Crippen LogP contribution in [0.3, 0.4) is 0 Å². The molecule has 0 fully saturated rings. The summed E-state index contributed by atoms with van der Waals surface area (Å²) in [5.41, 5.74) is 1.17. The number of hydrogen-bond donors (Lipinski definition) is 1. The van der Waals surface area contributed by atoms with Gasteiger partial charge in [-0.1, -0.05) is 23.2 Å². The maximum absolute atomic E-state index is 12.2. The molecule has 0 spiro atoms. The lowest BCUT2D eigenvalue weighted by Gasteiger charge is -2.06. The number of nitrogens with zero attached hydrogens (tertiary/aromatic N) is 2. The van der Waals surface area contributed by atoms with Crippen LogP contribution in [0.5, 0.6) is 0 Å². The third-order valence-electron chi connectivity index (χ3n) is 3.41. The van der Waals surface area contributed by atoms with Crippen molar-refractivity contribution in [2.24, 2.45) is 0 Å². The number of pyridine rings is 1. The molecule has 0 saturated heterocycles. The van der Waals surface area contributed by atoms with Gasteiger partial charge in [0, 0.05) is 18.9 Å². The van der Waals surface area contributed by atoms with Crippen LogP contribution in [0.2, 0.25) is 10.2 Å². The number of hydrogen-bond acceptors (Lipinski definition) is 4. The van der Waals surface area contributed by atoms with Crippen LogP contribution in [0, 0.1) is 0 Å². The minimum Gasteiger partial charge on any atom is -0.322 e. The fourth-order valence-corrected chi connectivity index (χ4v) is 2.46. The molecule has 0 radical (unpaired) electrons. The van der Waals surface area contributed by atoms with Crippen molar-refractivity contribution in [3.63, 3.8) is 0 Å². The Hall–Kier alpha value is -2.44. The number of imide groups is 1. The molecule has 2 aromatic rings. The molecule has 1 aliphatic heterocycles. The lowest BCUT2D eigenvalue weighted by Crippen LogP contribution is -2.24. The summed E-state index contributed by atoms with van der Waals surface area (Å²) >= 11 is 11.5. The lowest BCUT2D eigenvalue weighted by atomic mass is 10.1. The van der Waals surface area contributed by atoms with Gasteiger partial charge in [-0.05, 0) is 24.3 Å². The highest BCUT2D eigenvalue weighted by molar-refractivity contribution is 6.41. The highest BCUT2D eigenvalue weighted by atomic mass is 35.5. The second-order valence-electron chi connectivity index (χ2n) is 4.88. The van der Waals surface area contributed by atoms with Gasteiger partial charge in [0.05, 0.1) is 21.7 Å². The molecule has 1 aromatic heterocycles. The molecule has 3 rings (SSSR count). The summed E-state index contributed by atoms with van der Waals surface area (Å²) in [4.78, 5) is 40.8. The average Bonchev–Trinajstić information content (AvgIpc) is 2.74. The predicted octanol–water partition coefficient (Wildman–Crippen LogP) is 2.87. The van der Waals surface area contributed by atoms with Crippen molar-refractivity contribution >= 4 is 46.6 Å². The third-order valence-corrected chi connectivity index (χ3v) is 4.09. The average molecular weight is 350 g/mol. The first-order valence-electron chi connectivity index (χ1n) is 6.47. The third kappa shape index (κ3) is 2.67. The Balaban J connectivity index is 1.87. The van der Waals surface area contributed by atoms with Gasteiger partial charge in [0.15, 0.2) is 0 Å². The molecule has 0 unspecified atom stereocenters. The lowest BCUT2D eigenvalue weighted by molar-refractivity contribution is 0.0692. The van der Waals surface area contributed by atoms with Crippen LogP contribution in [-0.2, 0) is 0 Å². The van der Waals surface area contributed by atoms with Gasteiger partial charge in [0.2, 0.25) is 0 Å². The molecular weight excluding hydrogens is 341 g/mol. The standard InChI is InChI=1S/C15H9Cl2N3O3/c1-20-14(22)9-3-2-8(5-10(9)15(20)23)19-13(21)7-4-11(16)12(17)18-6-7/h2-6H,1H3,(H,19,21). The molecule has 6 nitrogen and oxygen atoms in total. The van der Waals surface area contributed by atoms with Crippen molar-refractivity contribution in [2.45, 2.75) is 0 Å². The second kappa shape index (κ2) is 5.64. The number of halogens is 2. The zero-order valence-electron chi connectivity index (χ0n) is 11.8. The smallest absolute Gasteiger partial charge is 0.261 e. The topological polar surface area (TPSA) is 79.4 Å². The number of fused-ring (bicyclic) bond motifs is 1. The normalized spacial score (nSPS) is 13.3. The zero-order valence-corrected chi connectivity index (χ0v) is 13.3. The Morgan fingerprint density at radius 3 is 2.52 bits per heavy atom. The molecular formula is C15H9Cl2N3O3. The van der Waals surface area contributed by atoms with Crippen molar-refractivity contribution in [1.29, 1.82) is 0 Å². The number of carbonyl (C=O) groups excluding carboxylic acids is 3.